The van der Waals surface area contributed by atoms with Crippen LogP contribution < -0.4 is 5.32 Å². The van der Waals surface area contributed by atoms with E-state index < -0.39 is 0 Å². The standard InChI is InChI=1S/C14H21NO2/c1-10(2)17-13(16)11-8-6-7-9-12(11)15-14(3,4)5/h6-10,15H,1-5H3. The summed E-state index contributed by atoms with van der Waals surface area (Å²) in [6, 6.07) is 7.41. The first-order valence-electron chi connectivity index (χ1n) is 5.88. The van der Waals surface area contributed by atoms with Crippen LogP contribution in [0.3, 0.4) is 0 Å². The summed E-state index contributed by atoms with van der Waals surface area (Å²) in [5.41, 5.74) is 1.30. The molecule has 1 N–H and O–H groups in total. The zero-order valence-electron chi connectivity index (χ0n) is 11.2. The predicted molar refractivity (Wildman–Crippen MR) is 70.4 cm³/mol. The van der Waals surface area contributed by atoms with E-state index in [-0.39, 0.29) is 17.6 Å². The third-order valence-corrected chi connectivity index (χ3v) is 2.00. The van der Waals surface area contributed by atoms with Crippen molar-refractivity contribution in [3.8, 4) is 0 Å². The number of nitrogens with one attached hydrogen (secondary N) is 1. The van der Waals surface area contributed by atoms with Crippen LogP contribution in [0.1, 0.15) is 45.0 Å². The highest BCUT2D eigenvalue weighted by Crippen LogP contribution is 2.20. The van der Waals surface area contributed by atoms with Crippen molar-refractivity contribution in [1.29, 1.82) is 0 Å². The smallest absolute Gasteiger partial charge is 0.340 e. The first-order chi connectivity index (χ1) is 7.79. The first-order valence-corrected chi connectivity index (χ1v) is 5.88. The van der Waals surface area contributed by atoms with Crippen LogP contribution >= 0.6 is 0 Å². The first kappa shape index (κ1) is 13.6. The van der Waals surface area contributed by atoms with Crippen LogP contribution in [0.2, 0.25) is 0 Å². The molecule has 0 aliphatic heterocycles. The normalized spacial score (nSPS) is 11.4. The fourth-order valence-corrected chi connectivity index (χ4v) is 1.45. The minimum Gasteiger partial charge on any atom is -0.459 e. The van der Waals surface area contributed by atoms with Gasteiger partial charge in [-0.15, -0.1) is 0 Å². The molecule has 0 saturated heterocycles. The fourth-order valence-electron chi connectivity index (χ4n) is 1.45. The predicted octanol–water partition coefficient (Wildman–Crippen LogP) is 3.46. The molecule has 0 saturated carbocycles. The van der Waals surface area contributed by atoms with Gasteiger partial charge < -0.3 is 10.1 Å². The molecule has 17 heavy (non-hydrogen) atoms. The highest BCUT2D eigenvalue weighted by molar-refractivity contribution is 5.95. The molecule has 0 radical (unpaired) electrons. The van der Waals surface area contributed by atoms with Gasteiger partial charge in [-0.2, -0.15) is 0 Å². The number of para-hydroxylation sites is 1. The molecule has 0 fully saturated rings. The Morgan fingerprint density at radius 2 is 1.82 bits per heavy atom. The third kappa shape index (κ3) is 4.47. The number of ether oxygens (including phenoxy) is 1. The maximum absolute atomic E-state index is 11.9. The minimum absolute atomic E-state index is 0.0891. The van der Waals surface area contributed by atoms with Gasteiger partial charge in [-0.05, 0) is 46.8 Å². The van der Waals surface area contributed by atoms with Crippen molar-refractivity contribution in [2.75, 3.05) is 5.32 Å². The largest absolute Gasteiger partial charge is 0.459 e. The Labute approximate surface area is 103 Å². The van der Waals surface area contributed by atoms with Crippen molar-refractivity contribution in [3.63, 3.8) is 0 Å². The number of benzene rings is 1. The molecular formula is C14H21NO2. The molecule has 94 valence electrons. The van der Waals surface area contributed by atoms with Crippen molar-refractivity contribution < 1.29 is 9.53 Å². The van der Waals surface area contributed by atoms with E-state index in [0.717, 1.165) is 5.69 Å². The molecule has 1 aromatic rings. The van der Waals surface area contributed by atoms with E-state index in [1.54, 1.807) is 6.07 Å². The second-order valence-electron chi connectivity index (χ2n) is 5.37. The van der Waals surface area contributed by atoms with Gasteiger partial charge in [0.05, 0.1) is 11.7 Å². The van der Waals surface area contributed by atoms with Crippen LogP contribution in [0, 0.1) is 0 Å². The molecule has 1 aromatic carbocycles. The van der Waals surface area contributed by atoms with Gasteiger partial charge in [0.2, 0.25) is 0 Å². The number of carbonyl (C=O) groups excluding carboxylic acids is 1. The van der Waals surface area contributed by atoms with Crippen LogP contribution in [0.4, 0.5) is 5.69 Å². The molecule has 0 spiro atoms. The van der Waals surface area contributed by atoms with E-state index in [0.29, 0.717) is 5.56 Å². The number of esters is 1. The Kier molecular flexibility index (Phi) is 4.16. The Morgan fingerprint density at radius 1 is 1.24 bits per heavy atom. The van der Waals surface area contributed by atoms with Crippen LogP contribution in [0.15, 0.2) is 24.3 Å². The molecule has 0 aliphatic carbocycles. The molecule has 0 unspecified atom stereocenters. The minimum atomic E-state index is -0.285. The van der Waals surface area contributed by atoms with Crippen molar-refractivity contribution in [2.24, 2.45) is 0 Å². The topological polar surface area (TPSA) is 38.3 Å². The summed E-state index contributed by atoms with van der Waals surface area (Å²) in [6.45, 7) is 9.85. The lowest BCUT2D eigenvalue weighted by molar-refractivity contribution is 0.0379. The van der Waals surface area contributed by atoms with Crippen LogP contribution in [0.25, 0.3) is 0 Å². The Bertz CT molecular complexity index is 391. The highest BCUT2D eigenvalue weighted by atomic mass is 16.5. The van der Waals surface area contributed by atoms with E-state index in [4.69, 9.17) is 4.74 Å². The average Bonchev–Trinajstić information content (AvgIpc) is 2.14. The second-order valence-corrected chi connectivity index (χ2v) is 5.37. The summed E-state index contributed by atoms with van der Waals surface area (Å²) in [4.78, 5) is 11.9. The molecule has 1 rings (SSSR count). The number of hydrogen-bond acceptors (Lipinski definition) is 3. The van der Waals surface area contributed by atoms with E-state index in [1.807, 2.05) is 32.0 Å². The van der Waals surface area contributed by atoms with Gasteiger partial charge in [-0.3, -0.25) is 0 Å². The van der Waals surface area contributed by atoms with Crippen LogP contribution in [0.5, 0.6) is 0 Å². The lowest BCUT2D eigenvalue weighted by Crippen LogP contribution is -2.27. The highest BCUT2D eigenvalue weighted by Gasteiger charge is 2.17. The van der Waals surface area contributed by atoms with E-state index in [1.165, 1.54) is 0 Å². The molecule has 0 bridgehead atoms. The summed E-state index contributed by atoms with van der Waals surface area (Å²) in [5.74, 6) is -0.285. The third-order valence-electron chi connectivity index (χ3n) is 2.00. The van der Waals surface area contributed by atoms with Gasteiger partial charge >= 0.3 is 5.97 Å². The summed E-state index contributed by atoms with van der Waals surface area (Å²) in [6.07, 6.45) is -0.106. The fraction of sp³-hybridized carbons (Fsp3) is 0.500. The summed E-state index contributed by atoms with van der Waals surface area (Å²) in [7, 11) is 0. The van der Waals surface area contributed by atoms with Crippen LogP contribution in [-0.4, -0.2) is 17.6 Å². The van der Waals surface area contributed by atoms with Gasteiger partial charge in [0.25, 0.3) is 0 Å². The maximum Gasteiger partial charge on any atom is 0.340 e. The summed E-state index contributed by atoms with van der Waals surface area (Å²) in [5, 5.41) is 3.30. The maximum atomic E-state index is 11.9. The number of anilines is 1. The molecule has 0 heterocycles. The Balaban J connectivity index is 2.95. The van der Waals surface area contributed by atoms with Crippen molar-refractivity contribution in [2.45, 2.75) is 46.3 Å². The summed E-state index contributed by atoms with van der Waals surface area (Å²) >= 11 is 0. The van der Waals surface area contributed by atoms with Gasteiger partial charge in [-0.1, -0.05) is 12.1 Å². The molecule has 3 nitrogen and oxygen atoms in total. The molecule has 0 aliphatic rings. The second kappa shape index (κ2) is 5.21. The van der Waals surface area contributed by atoms with E-state index in [2.05, 4.69) is 26.1 Å². The van der Waals surface area contributed by atoms with Gasteiger partial charge in [0.1, 0.15) is 0 Å². The average molecular weight is 235 g/mol. The van der Waals surface area contributed by atoms with Crippen LogP contribution in [-0.2, 0) is 4.74 Å². The number of carbonyl (C=O) groups is 1. The van der Waals surface area contributed by atoms with Crippen molar-refractivity contribution in [1.82, 2.24) is 0 Å². The van der Waals surface area contributed by atoms with Gasteiger partial charge in [0.15, 0.2) is 0 Å². The molecule has 3 heteroatoms. The monoisotopic (exact) mass is 235 g/mol. The molecule has 0 aromatic heterocycles. The number of rotatable bonds is 3. The number of hydrogen-bond donors (Lipinski definition) is 1. The lowest BCUT2D eigenvalue weighted by Gasteiger charge is -2.23. The lowest BCUT2D eigenvalue weighted by atomic mass is 10.1. The zero-order chi connectivity index (χ0) is 13.1. The zero-order valence-corrected chi connectivity index (χ0v) is 11.2. The molecular weight excluding hydrogens is 214 g/mol. The van der Waals surface area contributed by atoms with Crippen molar-refractivity contribution in [3.05, 3.63) is 29.8 Å². The molecule has 0 atom stereocenters. The molecule has 0 amide bonds. The summed E-state index contributed by atoms with van der Waals surface area (Å²) < 4.78 is 5.21. The Hall–Kier alpha value is -1.51. The Morgan fingerprint density at radius 3 is 2.35 bits per heavy atom. The SMILES string of the molecule is CC(C)OC(=O)c1ccccc1NC(C)(C)C. The van der Waals surface area contributed by atoms with Crippen molar-refractivity contribution >= 4 is 11.7 Å². The van der Waals surface area contributed by atoms with E-state index >= 15 is 0 Å². The van der Waals surface area contributed by atoms with E-state index in [9.17, 15) is 4.79 Å². The van der Waals surface area contributed by atoms with Gasteiger partial charge in [0, 0.05) is 11.2 Å². The van der Waals surface area contributed by atoms with Gasteiger partial charge in [-0.25, -0.2) is 4.79 Å². The quantitative estimate of drug-likeness (QED) is 0.815.